The van der Waals surface area contributed by atoms with E-state index >= 15 is 0 Å². The number of aliphatic hydroxyl groups excluding tert-OH is 1. The van der Waals surface area contributed by atoms with Gasteiger partial charge in [-0.15, -0.1) is 0 Å². The third-order valence-corrected chi connectivity index (χ3v) is 5.28. The number of aryl methyl sites for hydroxylation is 1. The van der Waals surface area contributed by atoms with Gasteiger partial charge in [-0.05, 0) is 49.4 Å². The second-order valence-electron chi connectivity index (χ2n) is 7.67. The first-order valence-electron chi connectivity index (χ1n) is 10.0. The lowest BCUT2D eigenvalue weighted by Gasteiger charge is -2.22. The van der Waals surface area contributed by atoms with Gasteiger partial charge in [0.2, 0.25) is 0 Å². The van der Waals surface area contributed by atoms with Gasteiger partial charge in [-0.2, -0.15) is 0 Å². The van der Waals surface area contributed by atoms with Crippen molar-refractivity contribution >= 4 is 11.6 Å². The number of hydrogen-bond donors (Lipinski definition) is 2. The van der Waals surface area contributed by atoms with Gasteiger partial charge in [0.1, 0.15) is 6.61 Å². The molecule has 6 heteroatoms. The maximum absolute atomic E-state index is 12.6. The molecule has 0 radical (unpaired) electrons. The molecule has 0 aromatic heterocycles. The van der Waals surface area contributed by atoms with Gasteiger partial charge in [0.05, 0.1) is 17.9 Å². The zero-order chi connectivity index (χ0) is 20.7. The van der Waals surface area contributed by atoms with Crippen LogP contribution in [0.15, 0.2) is 59.8 Å². The van der Waals surface area contributed by atoms with E-state index in [4.69, 9.17) is 10.6 Å². The van der Waals surface area contributed by atoms with Crippen LogP contribution in [0.4, 0.5) is 0 Å². The summed E-state index contributed by atoms with van der Waals surface area (Å²) in [5.74, 6) is -0.0657. The minimum absolute atomic E-state index is 0.0657. The topological polar surface area (TPSA) is 88.2 Å². The van der Waals surface area contributed by atoms with Gasteiger partial charge in [-0.25, -0.2) is 0 Å². The summed E-state index contributed by atoms with van der Waals surface area (Å²) >= 11 is 0. The third-order valence-electron chi connectivity index (χ3n) is 5.28. The van der Waals surface area contributed by atoms with Crippen LogP contribution >= 0.6 is 0 Å². The molecular weight excluding hydrogens is 366 g/mol. The number of amides is 1. The van der Waals surface area contributed by atoms with E-state index in [0.29, 0.717) is 31.7 Å². The monoisotopic (exact) mass is 395 g/mol. The predicted octanol–water partition coefficient (Wildman–Crippen LogP) is 2.60. The number of oxime groups is 1. The van der Waals surface area contributed by atoms with Crippen molar-refractivity contribution in [2.75, 3.05) is 26.3 Å². The number of carbonyl (C=O) groups excluding carboxylic acids is 1. The average molecular weight is 396 g/mol. The Labute approximate surface area is 172 Å². The number of rotatable bonds is 8. The first-order chi connectivity index (χ1) is 14.0. The Balaban J connectivity index is 1.48. The number of nitrogens with two attached hydrogens (primary N) is 1. The molecule has 0 spiro atoms. The largest absolute Gasteiger partial charge is 0.396 e. The summed E-state index contributed by atoms with van der Waals surface area (Å²) in [5.41, 5.74) is 8.95. The maximum atomic E-state index is 12.6. The Hall–Kier alpha value is -2.70. The van der Waals surface area contributed by atoms with Crippen molar-refractivity contribution in [3.05, 3.63) is 71.3 Å². The highest BCUT2D eigenvalue weighted by atomic mass is 16.6. The van der Waals surface area contributed by atoms with Crippen molar-refractivity contribution in [2.24, 2.45) is 10.9 Å². The van der Waals surface area contributed by atoms with Gasteiger partial charge in [0.25, 0.3) is 5.91 Å². The second-order valence-corrected chi connectivity index (χ2v) is 7.67. The number of benzene rings is 2. The van der Waals surface area contributed by atoms with E-state index in [-0.39, 0.29) is 12.5 Å². The average Bonchev–Trinajstić information content (AvgIpc) is 3.16. The van der Waals surface area contributed by atoms with E-state index in [9.17, 15) is 9.90 Å². The minimum atomic E-state index is -0.684. The molecule has 1 heterocycles. The van der Waals surface area contributed by atoms with Crippen molar-refractivity contribution < 1.29 is 14.7 Å². The van der Waals surface area contributed by atoms with Crippen LogP contribution in [-0.2, 0) is 11.3 Å². The molecule has 29 heavy (non-hydrogen) atoms. The Kier molecular flexibility index (Phi) is 7.01. The molecule has 1 unspecified atom stereocenters. The van der Waals surface area contributed by atoms with Crippen LogP contribution in [0.2, 0.25) is 0 Å². The van der Waals surface area contributed by atoms with Crippen molar-refractivity contribution in [2.45, 2.75) is 31.7 Å². The van der Waals surface area contributed by atoms with E-state index < -0.39 is 5.54 Å². The molecule has 0 saturated carbocycles. The highest BCUT2D eigenvalue weighted by Gasteiger charge is 2.36. The summed E-state index contributed by atoms with van der Waals surface area (Å²) in [6, 6.07) is 17.6. The predicted molar refractivity (Wildman–Crippen MR) is 114 cm³/mol. The van der Waals surface area contributed by atoms with Crippen molar-refractivity contribution in [1.29, 1.82) is 0 Å². The molecule has 0 aliphatic carbocycles. The molecule has 1 aliphatic heterocycles. The first-order valence-corrected chi connectivity index (χ1v) is 10.0. The number of likely N-dealkylation sites (tertiary alicyclic amines) is 1. The van der Waals surface area contributed by atoms with Gasteiger partial charge in [0, 0.05) is 18.7 Å². The van der Waals surface area contributed by atoms with Crippen LogP contribution in [-0.4, -0.2) is 53.5 Å². The molecule has 154 valence electrons. The minimum Gasteiger partial charge on any atom is -0.396 e. The normalized spacial score (nSPS) is 19.4. The van der Waals surface area contributed by atoms with Crippen molar-refractivity contribution in [3.8, 4) is 0 Å². The second kappa shape index (κ2) is 9.67. The SMILES string of the molecule is CC(=NOCCCc1ccccc1)c1ccc(C(=O)N2CCC(N)(CO)C2)cc1. The van der Waals surface area contributed by atoms with Crippen LogP contribution in [0.25, 0.3) is 0 Å². The van der Waals surface area contributed by atoms with Crippen LogP contribution in [0.3, 0.4) is 0 Å². The van der Waals surface area contributed by atoms with E-state index in [2.05, 4.69) is 17.3 Å². The summed E-state index contributed by atoms with van der Waals surface area (Å²) in [6.07, 6.45) is 2.48. The zero-order valence-corrected chi connectivity index (χ0v) is 16.9. The molecule has 1 fully saturated rings. The quantitative estimate of drug-likeness (QED) is 0.409. The van der Waals surface area contributed by atoms with Gasteiger partial charge < -0.3 is 20.6 Å². The van der Waals surface area contributed by atoms with Crippen LogP contribution in [0.1, 0.15) is 41.3 Å². The smallest absolute Gasteiger partial charge is 0.253 e. The van der Waals surface area contributed by atoms with E-state index in [1.54, 1.807) is 17.0 Å². The Morgan fingerprint density at radius 1 is 1.17 bits per heavy atom. The molecule has 1 amide bonds. The Morgan fingerprint density at radius 2 is 1.86 bits per heavy atom. The fourth-order valence-electron chi connectivity index (χ4n) is 3.42. The van der Waals surface area contributed by atoms with E-state index in [1.165, 1.54) is 5.56 Å². The lowest BCUT2D eigenvalue weighted by atomic mass is 10.0. The molecular formula is C23H29N3O3. The molecule has 2 aromatic carbocycles. The molecule has 2 aromatic rings. The Bertz CT molecular complexity index is 836. The summed E-state index contributed by atoms with van der Waals surface area (Å²) in [6.45, 7) is 3.27. The molecule has 1 aliphatic rings. The van der Waals surface area contributed by atoms with Crippen molar-refractivity contribution in [3.63, 3.8) is 0 Å². The number of nitrogens with zero attached hydrogens (tertiary/aromatic N) is 2. The molecule has 1 atom stereocenters. The molecule has 3 rings (SSSR count). The van der Waals surface area contributed by atoms with Crippen LogP contribution < -0.4 is 5.73 Å². The lowest BCUT2D eigenvalue weighted by Crippen LogP contribution is -2.46. The summed E-state index contributed by atoms with van der Waals surface area (Å²) in [4.78, 5) is 19.8. The van der Waals surface area contributed by atoms with Crippen LogP contribution in [0.5, 0.6) is 0 Å². The van der Waals surface area contributed by atoms with Gasteiger partial charge in [0.15, 0.2) is 0 Å². The standard InChI is InChI=1S/C23H29N3O3/c1-18(25-29-15-5-8-19-6-3-2-4-7-19)20-9-11-21(12-10-20)22(28)26-14-13-23(24,16-26)17-27/h2-4,6-7,9-12,27H,5,8,13-17,24H2,1H3. The first kappa shape index (κ1) is 21.0. The zero-order valence-electron chi connectivity index (χ0n) is 16.9. The van der Waals surface area contributed by atoms with E-state index in [0.717, 1.165) is 24.1 Å². The lowest BCUT2D eigenvalue weighted by molar-refractivity contribution is 0.0775. The number of carbonyl (C=O) groups is 1. The highest BCUT2D eigenvalue weighted by Crippen LogP contribution is 2.20. The fraction of sp³-hybridized carbons (Fsp3) is 0.391. The third kappa shape index (κ3) is 5.65. The molecule has 0 bridgehead atoms. The number of hydrogen-bond acceptors (Lipinski definition) is 5. The molecule has 1 saturated heterocycles. The Morgan fingerprint density at radius 3 is 2.52 bits per heavy atom. The van der Waals surface area contributed by atoms with Gasteiger partial charge in [-0.3, -0.25) is 4.79 Å². The van der Waals surface area contributed by atoms with Crippen molar-refractivity contribution in [1.82, 2.24) is 4.90 Å². The van der Waals surface area contributed by atoms with Gasteiger partial charge >= 0.3 is 0 Å². The van der Waals surface area contributed by atoms with E-state index in [1.807, 2.05) is 37.3 Å². The van der Waals surface area contributed by atoms with Crippen LogP contribution in [0, 0.1) is 0 Å². The van der Waals surface area contributed by atoms with Gasteiger partial charge in [-0.1, -0.05) is 47.6 Å². The number of aliphatic hydroxyl groups is 1. The highest BCUT2D eigenvalue weighted by molar-refractivity contribution is 6.00. The molecule has 6 nitrogen and oxygen atoms in total. The molecule has 3 N–H and O–H groups in total. The summed E-state index contributed by atoms with van der Waals surface area (Å²) in [5, 5.41) is 13.6. The fourth-order valence-corrected chi connectivity index (χ4v) is 3.42. The summed E-state index contributed by atoms with van der Waals surface area (Å²) < 4.78 is 0. The maximum Gasteiger partial charge on any atom is 0.253 e. The summed E-state index contributed by atoms with van der Waals surface area (Å²) in [7, 11) is 0.